The number of benzene rings is 1. The van der Waals surface area contributed by atoms with Gasteiger partial charge in [-0.3, -0.25) is 25.5 Å². The number of piperazine rings is 1. The number of nitro groups is 1. The largest absolute Gasteiger partial charge is 0.342 e. The zero-order valence-electron chi connectivity index (χ0n) is 11.4. The van der Waals surface area contributed by atoms with Crippen molar-refractivity contribution in [2.24, 2.45) is 5.84 Å². The highest BCUT2D eigenvalue weighted by Crippen LogP contribution is 2.28. The van der Waals surface area contributed by atoms with Gasteiger partial charge in [0, 0.05) is 26.2 Å². The van der Waals surface area contributed by atoms with E-state index < -0.39 is 10.8 Å². The van der Waals surface area contributed by atoms with E-state index >= 15 is 0 Å². The van der Waals surface area contributed by atoms with Crippen molar-refractivity contribution in [2.45, 2.75) is 0 Å². The van der Waals surface area contributed by atoms with E-state index in [1.807, 2.05) is 0 Å². The smallest absolute Gasteiger partial charge is 0.294 e. The van der Waals surface area contributed by atoms with Crippen LogP contribution >= 0.6 is 0 Å². The molecule has 2 amide bonds. The lowest BCUT2D eigenvalue weighted by Gasteiger charge is -2.32. The number of nitrogens with zero attached hydrogens (tertiary/aromatic N) is 3. The quantitative estimate of drug-likeness (QED) is 0.452. The van der Waals surface area contributed by atoms with E-state index in [9.17, 15) is 19.7 Å². The maximum Gasteiger partial charge on any atom is 0.294 e. The normalized spacial score (nSPS) is 15.0. The van der Waals surface area contributed by atoms with Gasteiger partial charge in [-0.05, 0) is 6.07 Å². The van der Waals surface area contributed by atoms with Crippen LogP contribution in [0.1, 0.15) is 10.4 Å². The summed E-state index contributed by atoms with van der Waals surface area (Å²) in [5.74, 6) is 4.66. The summed E-state index contributed by atoms with van der Waals surface area (Å²) in [6.07, 6.45) is 0. The van der Waals surface area contributed by atoms with Crippen LogP contribution in [-0.2, 0) is 4.79 Å². The molecule has 1 heterocycles. The van der Waals surface area contributed by atoms with Crippen molar-refractivity contribution in [2.75, 3.05) is 32.1 Å². The number of amides is 2. The zero-order valence-corrected chi connectivity index (χ0v) is 11.4. The van der Waals surface area contributed by atoms with Crippen LogP contribution in [0.15, 0.2) is 18.2 Å². The fourth-order valence-electron chi connectivity index (χ4n) is 2.12. The number of carbonyl (C=O) groups excluding carboxylic acids is 2. The Morgan fingerprint density at radius 2 is 2.14 bits per heavy atom. The zero-order chi connectivity index (χ0) is 15.6. The summed E-state index contributed by atoms with van der Waals surface area (Å²) in [7, 11) is 1.66. The van der Waals surface area contributed by atoms with Gasteiger partial charge in [0.25, 0.3) is 11.6 Å². The minimum Gasteiger partial charge on any atom is -0.342 e. The van der Waals surface area contributed by atoms with Gasteiger partial charge in [-0.1, -0.05) is 6.07 Å². The van der Waals surface area contributed by atoms with Gasteiger partial charge in [0.05, 0.1) is 10.5 Å². The molecular weight excluding hydrogens is 278 g/mol. The van der Waals surface area contributed by atoms with Crippen LogP contribution in [0.3, 0.4) is 0 Å². The number of anilines is 1. The van der Waals surface area contributed by atoms with Crippen molar-refractivity contribution >= 4 is 23.2 Å². The number of nitrogen functional groups attached to an aromatic ring is 1. The second-order valence-electron chi connectivity index (χ2n) is 4.64. The first-order valence-corrected chi connectivity index (χ1v) is 6.23. The molecular formula is C12H15N5O4. The molecule has 112 valence electrons. The van der Waals surface area contributed by atoms with Gasteiger partial charge in [0.2, 0.25) is 5.91 Å². The molecule has 0 radical (unpaired) electrons. The van der Waals surface area contributed by atoms with Crippen LogP contribution in [-0.4, -0.2) is 53.2 Å². The highest BCUT2D eigenvalue weighted by atomic mass is 16.6. The van der Waals surface area contributed by atoms with E-state index in [0.29, 0.717) is 13.1 Å². The third-order valence-electron chi connectivity index (χ3n) is 3.36. The fraction of sp³-hybridized carbons (Fsp3) is 0.333. The van der Waals surface area contributed by atoms with Crippen molar-refractivity contribution < 1.29 is 14.5 Å². The maximum atomic E-state index is 12.4. The Bertz CT molecular complexity index is 603. The van der Waals surface area contributed by atoms with Crippen LogP contribution in [0.2, 0.25) is 0 Å². The van der Waals surface area contributed by atoms with E-state index in [4.69, 9.17) is 5.84 Å². The molecule has 9 heteroatoms. The molecule has 1 aromatic rings. The average Bonchev–Trinajstić information content (AvgIpc) is 2.48. The third-order valence-corrected chi connectivity index (χ3v) is 3.36. The Balaban J connectivity index is 2.33. The van der Waals surface area contributed by atoms with E-state index in [0.717, 1.165) is 0 Å². The molecule has 2 rings (SSSR count). The van der Waals surface area contributed by atoms with E-state index in [1.54, 1.807) is 7.05 Å². The summed E-state index contributed by atoms with van der Waals surface area (Å²) in [6.45, 7) is 0.737. The topological polar surface area (TPSA) is 122 Å². The molecule has 9 nitrogen and oxygen atoms in total. The molecule has 0 saturated carbocycles. The monoisotopic (exact) mass is 293 g/mol. The second-order valence-corrected chi connectivity index (χ2v) is 4.64. The fourth-order valence-corrected chi connectivity index (χ4v) is 2.12. The summed E-state index contributed by atoms with van der Waals surface area (Å²) in [4.78, 5) is 37.3. The number of nitrogens with two attached hydrogens (primary N) is 1. The highest BCUT2D eigenvalue weighted by Gasteiger charge is 2.29. The Morgan fingerprint density at radius 3 is 2.71 bits per heavy atom. The van der Waals surface area contributed by atoms with Crippen LogP contribution in [0.25, 0.3) is 0 Å². The van der Waals surface area contributed by atoms with Gasteiger partial charge in [0.1, 0.15) is 12.2 Å². The summed E-state index contributed by atoms with van der Waals surface area (Å²) < 4.78 is 0. The Hall–Kier alpha value is -2.68. The standard InChI is InChI=1S/C12H15N5O4/c1-15-5-6-16(7-10(15)18)12(19)8-3-2-4-9(17(20)21)11(8)14-13/h2-4,14H,5-7,13H2,1H3. The van der Waals surface area contributed by atoms with Crippen molar-refractivity contribution in [3.63, 3.8) is 0 Å². The molecule has 0 atom stereocenters. The highest BCUT2D eigenvalue weighted by molar-refractivity contribution is 6.03. The lowest BCUT2D eigenvalue weighted by atomic mass is 10.1. The molecule has 1 aliphatic heterocycles. The molecule has 0 aliphatic carbocycles. The van der Waals surface area contributed by atoms with Crippen LogP contribution in [0.4, 0.5) is 11.4 Å². The van der Waals surface area contributed by atoms with E-state index in [-0.39, 0.29) is 29.4 Å². The molecule has 1 aliphatic rings. The average molecular weight is 293 g/mol. The second kappa shape index (κ2) is 5.75. The number of hydrogen-bond acceptors (Lipinski definition) is 6. The van der Waals surface area contributed by atoms with Gasteiger partial charge >= 0.3 is 0 Å². The maximum absolute atomic E-state index is 12.4. The van der Waals surface area contributed by atoms with Gasteiger partial charge < -0.3 is 15.2 Å². The molecule has 0 aromatic heterocycles. The Labute approximate surface area is 120 Å². The van der Waals surface area contributed by atoms with Crippen LogP contribution < -0.4 is 11.3 Å². The van der Waals surface area contributed by atoms with Crippen molar-refractivity contribution in [3.05, 3.63) is 33.9 Å². The first-order valence-electron chi connectivity index (χ1n) is 6.23. The van der Waals surface area contributed by atoms with Crippen molar-refractivity contribution in [1.29, 1.82) is 0 Å². The van der Waals surface area contributed by atoms with E-state index in [2.05, 4.69) is 5.43 Å². The van der Waals surface area contributed by atoms with Crippen LogP contribution in [0.5, 0.6) is 0 Å². The molecule has 0 bridgehead atoms. The molecule has 1 fully saturated rings. The summed E-state index contributed by atoms with van der Waals surface area (Å²) >= 11 is 0. The van der Waals surface area contributed by atoms with Gasteiger partial charge in [-0.25, -0.2) is 0 Å². The molecule has 1 saturated heterocycles. The number of carbonyl (C=O) groups is 2. The number of rotatable bonds is 3. The molecule has 21 heavy (non-hydrogen) atoms. The van der Waals surface area contributed by atoms with Crippen LogP contribution in [0, 0.1) is 10.1 Å². The molecule has 0 spiro atoms. The predicted octanol–water partition coefficient (Wildman–Crippen LogP) is -0.205. The minimum atomic E-state index is -0.624. The summed E-state index contributed by atoms with van der Waals surface area (Å²) in [6, 6.07) is 4.10. The Morgan fingerprint density at radius 1 is 1.43 bits per heavy atom. The van der Waals surface area contributed by atoms with Gasteiger partial charge in [-0.2, -0.15) is 0 Å². The first-order chi connectivity index (χ1) is 9.95. The van der Waals surface area contributed by atoms with Gasteiger partial charge in [0.15, 0.2) is 0 Å². The SMILES string of the molecule is CN1CCN(C(=O)c2cccc([N+](=O)[O-])c2NN)CC1=O. The number of para-hydroxylation sites is 1. The number of likely N-dealkylation sites (N-methyl/N-ethyl adjacent to an activating group) is 1. The number of nitrogens with one attached hydrogen (secondary N) is 1. The Kier molecular flexibility index (Phi) is 4.03. The number of hydrogen-bond donors (Lipinski definition) is 2. The van der Waals surface area contributed by atoms with E-state index in [1.165, 1.54) is 28.0 Å². The minimum absolute atomic E-state index is 0.0535. The summed E-state index contributed by atoms with van der Waals surface area (Å²) in [5, 5.41) is 11.0. The third kappa shape index (κ3) is 2.77. The molecule has 3 N–H and O–H groups in total. The molecule has 0 unspecified atom stereocenters. The lowest BCUT2D eigenvalue weighted by Crippen LogP contribution is -2.50. The first kappa shape index (κ1) is 14.7. The van der Waals surface area contributed by atoms with Crippen molar-refractivity contribution in [3.8, 4) is 0 Å². The lowest BCUT2D eigenvalue weighted by molar-refractivity contribution is -0.384. The predicted molar refractivity (Wildman–Crippen MR) is 74.4 cm³/mol. The van der Waals surface area contributed by atoms with Gasteiger partial charge in [-0.15, -0.1) is 0 Å². The van der Waals surface area contributed by atoms with Crippen molar-refractivity contribution in [1.82, 2.24) is 9.80 Å². The number of nitro benzene ring substituents is 1. The molecule has 1 aromatic carbocycles. The summed E-state index contributed by atoms with van der Waals surface area (Å²) in [5.41, 5.74) is 1.93. The number of hydrazine groups is 1.